The van der Waals surface area contributed by atoms with Crippen LogP contribution in [0.25, 0.3) is 0 Å². The van der Waals surface area contributed by atoms with E-state index in [0.717, 1.165) is 4.68 Å². The van der Waals surface area contributed by atoms with Gasteiger partial charge in [-0.05, 0) is 13.0 Å². The fourth-order valence-corrected chi connectivity index (χ4v) is 1.28. The second-order valence-corrected chi connectivity index (χ2v) is 3.60. The van der Waals surface area contributed by atoms with Crippen LogP contribution < -0.4 is 10.9 Å². The van der Waals surface area contributed by atoms with Crippen molar-refractivity contribution in [2.24, 2.45) is 7.05 Å². The Bertz CT molecular complexity index is 630. The lowest BCUT2D eigenvalue weighted by Gasteiger charge is -2.02. The zero-order chi connectivity index (χ0) is 13.1. The van der Waals surface area contributed by atoms with E-state index in [9.17, 15) is 9.59 Å². The second kappa shape index (κ2) is 4.78. The zero-order valence-electron chi connectivity index (χ0n) is 9.88. The monoisotopic (exact) mass is 249 g/mol. The molecule has 1 amide bonds. The Hall–Kier alpha value is -2.51. The fourth-order valence-electron chi connectivity index (χ4n) is 1.28. The summed E-state index contributed by atoms with van der Waals surface area (Å²) in [5.41, 5.74) is -0.132. The van der Waals surface area contributed by atoms with E-state index in [-0.39, 0.29) is 17.8 Å². The number of carbonyl (C=O) groups is 1. The largest absolute Gasteiger partial charge is 0.342 e. The molecule has 18 heavy (non-hydrogen) atoms. The number of nitrogens with one attached hydrogen (secondary N) is 1. The van der Waals surface area contributed by atoms with Crippen LogP contribution in [0.2, 0.25) is 0 Å². The molecule has 0 fully saturated rings. The molecule has 0 radical (unpaired) electrons. The first-order valence-corrected chi connectivity index (χ1v) is 5.18. The van der Waals surface area contributed by atoms with Gasteiger partial charge < -0.3 is 9.84 Å². The van der Waals surface area contributed by atoms with Crippen molar-refractivity contribution in [1.29, 1.82) is 0 Å². The summed E-state index contributed by atoms with van der Waals surface area (Å²) in [6.45, 7) is 1.80. The molecule has 1 N–H and O–H groups in total. The summed E-state index contributed by atoms with van der Waals surface area (Å²) in [5.74, 6) is 0.395. The molecule has 0 aliphatic rings. The standard InChI is InChI=1S/C10H11N5O3/c1-6-12-8(18-14-6)5-11-10(17)7-3-4-9(16)15(2)13-7/h3-4H,5H2,1-2H3,(H,11,17). The highest BCUT2D eigenvalue weighted by Crippen LogP contribution is 1.96. The van der Waals surface area contributed by atoms with Crippen LogP contribution in [-0.2, 0) is 13.6 Å². The van der Waals surface area contributed by atoms with E-state index in [1.165, 1.54) is 19.2 Å². The minimum Gasteiger partial charge on any atom is -0.342 e. The van der Waals surface area contributed by atoms with E-state index in [2.05, 4.69) is 20.6 Å². The quantitative estimate of drug-likeness (QED) is 0.779. The van der Waals surface area contributed by atoms with E-state index in [4.69, 9.17) is 4.52 Å². The molecule has 0 spiro atoms. The van der Waals surface area contributed by atoms with Crippen LogP contribution in [0, 0.1) is 6.92 Å². The molecular weight excluding hydrogens is 238 g/mol. The van der Waals surface area contributed by atoms with E-state index >= 15 is 0 Å². The lowest BCUT2D eigenvalue weighted by atomic mass is 10.3. The Morgan fingerprint density at radius 2 is 2.28 bits per heavy atom. The second-order valence-electron chi connectivity index (χ2n) is 3.60. The minimum absolute atomic E-state index is 0.115. The molecule has 2 rings (SSSR count). The molecule has 0 aromatic carbocycles. The van der Waals surface area contributed by atoms with Crippen LogP contribution >= 0.6 is 0 Å². The Morgan fingerprint density at radius 1 is 1.50 bits per heavy atom. The van der Waals surface area contributed by atoms with Gasteiger partial charge in [-0.2, -0.15) is 10.1 Å². The lowest BCUT2D eigenvalue weighted by Crippen LogP contribution is -2.28. The molecule has 94 valence electrons. The van der Waals surface area contributed by atoms with Gasteiger partial charge in [0.25, 0.3) is 11.5 Å². The van der Waals surface area contributed by atoms with Gasteiger partial charge >= 0.3 is 0 Å². The highest BCUT2D eigenvalue weighted by atomic mass is 16.5. The van der Waals surface area contributed by atoms with E-state index in [1.54, 1.807) is 6.92 Å². The summed E-state index contributed by atoms with van der Waals surface area (Å²) < 4.78 is 5.93. The summed E-state index contributed by atoms with van der Waals surface area (Å²) in [6, 6.07) is 2.63. The molecule has 8 nitrogen and oxygen atoms in total. The number of hydrogen-bond acceptors (Lipinski definition) is 6. The predicted molar refractivity (Wildman–Crippen MR) is 59.7 cm³/mol. The highest BCUT2D eigenvalue weighted by Gasteiger charge is 2.10. The predicted octanol–water partition coefficient (Wildman–Crippen LogP) is -0.598. The van der Waals surface area contributed by atoms with Crippen LogP contribution in [-0.4, -0.2) is 25.8 Å². The molecular formula is C10H11N5O3. The maximum absolute atomic E-state index is 11.7. The maximum Gasteiger partial charge on any atom is 0.272 e. The number of aromatic nitrogens is 4. The van der Waals surface area contributed by atoms with Crippen LogP contribution in [0.3, 0.4) is 0 Å². The summed E-state index contributed by atoms with van der Waals surface area (Å²) in [5, 5.41) is 9.97. The molecule has 2 heterocycles. The molecule has 0 aliphatic heterocycles. The highest BCUT2D eigenvalue weighted by molar-refractivity contribution is 5.91. The first-order valence-electron chi connectivity index (χ1n) is 5.18. The van der Waals surface area contributed by atoms with Gasteiger partial charge in [-0.25, -0.2) is 4.68 Å². The Morgan fingerprint density at radius 3 is 2.89 bits per heavy atom. The van der Waals surface area contributed by atoms with Crippen molar-refractivity contribution in [2.45, 2.75) is 13.5 Å². The summed E-state index contributed by atoms with van der Waals surface area (Å²) in [7, 11) is 1.47. The van der Waals surface area contributed by atoms with Gasteiger partial charge in [0.2, 0.25) is 5.89 Å². The van der Waals surface area contributed by atoms with Crippen LogP contribution in [0.1, 0.15) is 22.2 Å². The molecule has 0 saturated heterocycles. The average molecular weight is 249 g/mol. The van der Waals surface area contributed by atoms with Crippen molar-refractivity contribution in [1.82, 2.24) is 25.2 Å². The third-order valence-electron chi connectivity index (χ3n) is 2.16. The third kappa shape index (κ3) is 2.59. The molecule has 0 saturated carbocycles. The van der Waals surface area contributed by atoms with Gasteiger partial charge in [-0.15, -0.1) is 0 Å². The van der Waals surface area contributed by atoms with Crippen molar-refractivity contribution in [3.05, 3.63) is 39.9 Å². The van der Waals surface area contributed by atoms with Gasteiger partial charge in [-0.3, -0.25) is 9.59 Å². The molecule has 8 heteroatoms. The molecule has 0 bridgehead atoms. The summed E-state index contributed by atoms with van der Waals surface area (Å²) in [6.07, 6.45) is 0. The smallest absolute Gasteiger partial charge is 0.272 e. The maximum atomic E-state index is 11.7. The topological polar surface area (TPSA) is 103 Å². The van der Waals surface area contributed by atoms with Crippen molar-refractivity contribution >= 4 is 5.91 Å². The summed E-state index contributed by atoms with van der Waals surface area (Å²) >= 11 is 0. The molecule has 0 aliphatic carbocycles. The van der Waals surface area contributed by atoms with Crippen LogP contribution in [0.15, 0.2) is 21.5 Å². The van der Waals surface area contributed by atoms with E-state index in [1.807, 2.05) is 0 Å². The van der Waals surface area contributed by atoms with Gasteiger partial charge in [-0.1, -0.05) is 5.16 Å². The van der Waals surface area contributed by atoms with Gasteiger partial charge in [0.1, 0.15) is 5.69 Å². The molecule has 2 aromatic heterocycles. The van der Waals surface area contributed by atoms with E-state index in [0.29, 0.717) is 11.7 Å². The number of aryl methyl sites for hydroxylation is 2. The van der Waals surface area contributed by atoms with Gasteiger partial charge in [0.15, 0.2) is 5.82 Å². The average Bonchev–Trinajstić information content (AvgIpc) is 2.75. The van der Waals surface area contributed by atoms with Gasteiger partial charge in [0, 0.05) is 13.1 Å². The SMILES string of the molecule is Cc1noc(CNC(=O)c2ccc(=O)n(C)n2)n1. The van der Waals surface area contributed by atoms with Gasteiger partial charge in [0.05, 0.1) is 6.54 Å². The minimum atomic E-state index is -0.415. The number of rotatable bonds is 3. The first kappa shape index (κ1) is 12.0. The Labute approximate surface area is 102 Å². The first-order chi connectivity index (χ1) is 8.56. The van der Waals surface area contributed by atoms with Crippen molar-refractivity contribution in [3.63, 3.8) is 0 Å². The third-order valence-corrected chi connectivity index (χ3v) is 2.16. The zero-order valence-corrected chi connectivity index (χ0v) is 9.88. The Kier molecular flexibility index (Phi) is 3.18. The van der Waals surface area contributed by atoms with Crippen LogP contribution in [0.4, 0.5) is 0 Å². The van der Waals surface area contributed by atoms with E-state index < -0.39 is 5.91 Å². The number of nitrogens with zero attached hydrogens (tertiary/aromatic N) is 4. The normalized spacial score (nSPS) is 10.3. The fraction of sp³-hybridized carbons (Fsp3) is 0.300. The molecule has 2 aromatic rings. The molecule has 0 unspecified atom stereocenters. The number of amides is 1. The van der Waals surface area contributed by atoms with Crippen LogP contribution in [0.5, 0.6) is 0 Å². The number of carbonyl (C=O) groups excluding carboxylic acids is 1. The van der Waals surface area contributed by atoms with Crippen molar-refractivity contribution in [2.75, 3.05) is 0 Å². The lowest BCUT2D eigenvalue weighted by molar-refractivity contribution is 0.0939. The van der Waals surface area contributed by atoms with Crippen molar-refractivity contribution < 1.29 is 9.32 Å². The molecule has 0 atom stereocenters. The Balaban J connectivity index is 2.03. The summed E-state index contributed by atoms with van der Waals surface area (Å²) in [4.78, 5) is 26.8. The number of hydrogen-bond donors (Lipinski definition) is 1. The van der Waals surface area contributed by atoms with Crippen molar-refractivity contribution in [3.8, 4) is 0 Å².